The second-order valence-electron chi connectivity index (χ2n) is 3.59. The summed E-state index contributed by atoms with van der Waals surface area (Å²) in [6.07, 6.45) is -1.26. The molecule has 0 aromatic heterocycles. The number of ketones is 1. The van der Waals surface area contributed by atoms with Crippen LogP contribution in [0.15, 0.2) is 0 Å². The summed E-state index contributed by atoms with van der Waals surface area (Å²) in [5.74, 6) is -0.836. The Labute approximate surface area is 88.0 Å². The zero-order valence-electron chi connectivity index (χ0n) is 9.03. The number of hydrogen-bond acceptors (Lipinski definition) is 3. The average molecular weight is 216 g/mol. The van der Waals surface area contributed by atoms with Crippen LogP contribution in [0, 0.1) is 5.92 Å². The molecule has 1 unspecified atom stereocenters. The number of hydrogen-bond donors (Lipinski definition) is 3. The monoisotopic (exact) mass is 216 g/mol. The van der Waals surface area contributed by atoms with Crippen LogP contribution in [0.3, 0.4) is 0 Å². The van der Waals surface area contributed by atoms with E-state index >= 15 is 0 Å². The molecule has 0 aromatic rings. The zero-order valence-corrected chi connectivity index (χ0v) is 9.03. The minimum absolute atomic E-state index is 0.0800. The lowest BCUT2D eigenvalue weighted by Crippen LogP contribution is -2.50. The van der Waals surface area contributed by atoms with E-state index in [-0.39, 0.29) is 18.2 Å². The minimum Gasteiger partial charge on any atom is -0.465 e. The van der Waals surface area contributed by atoms with Crippen molar-refractivity contribution in [3.63, 3.8) is 0 Å². The van der Waals surface area contributed by atoms with Crippen molar-refractivity contribution in [1.82, 2.24) is 10.6 Å². The number of amides is 2. The number of Topliss-reactive ketones (excluding diaryl/α,β-unsaturated/α-hetero) is 1. The Morgan fingerprint density at radius 1 is 1.27 bits per heavy atom. The highest BCUT2D eigenvalue weighted by molar-refractivity contribution is 5.89. The van der Waals surface area contributed by atoms with E-state index in [0.717, 1.165) is 0 Å². The van der Waals surface area contributed by atoms with Crippen LogP contribution in [-0.2, 0) is 9.59 Å². The van der Waals surface area contributed by atoms with Crippen LogP contribution in [0.5, 0.6) is 0 Å². The van der Waals surface area contributed by atoms with Gasteiger partial charge in [-0.05, 0) is 12.8 Å². The Morgan fingerprint density at radius 3 is 2.13 bits per heavy atom. The molecule has 6 heteroatoms. The number of carbonyl (C=O) groups is 3. The van der Waals surface area contributed by atoms with Crippen LogP contribution in [0.2, 0.25) is 0 Å². The van der Waals surface area contributed by atoms with Crippen molar-refractivity contribution in [2.75, 3.05) is 6.54 Å². The molecule has 0 aliphatic rings. The maximum atomic E-state index is 11.4. The zero-order chi connectivity index (χ0) is 12.0. The molecule has 0 spiro atoms. The highest BCUT2D eigenvalue weighted by Gasteiger charge is 2.23. The first kappa shape index (κ1) is 13.4. The third-order valence-corrected chi connectivity index (χ3v) is 1.74. The van der Waals surface area contributed by atoms with Gasteiger partial charge >= 0.3 is 6.09 Å². The van der Waals surface area contributed by atoms with E-state index in [1.54, 1.807) is 13.8 Å². The first-order valence-corrected chi connectivity index (χ1v) is 4.61. The molecule has 2 amide bonds. The fourth-order valence-electron chi connectivity index (χ4n) is 0.990. The standard InChI is InChI=1S/C9H16N2O4/c1-5(2)7(11-9(14)15)8(13)10-4-6(3)12/h5,7,11H,4H2,1-3H3,(H,10,13)(H,14,15). The van der Waals surface area contributed by atoms with Crippen LogP contribution in [-0.4, -0.2) is 35.5 Å². The largest absolute Gasteiger partial charge is 0.465 e. The van der Waals surface area contributed by atoms with Crippen molar-refractivity contribution in [3.8, 4) is 0 Å². The second-order valence-corrected chi connectivity index (χ2v) is 3.59. The number of carboxylic acid groups (broad SMARTS) is 1. The molecular weight excluding hydrogens is 200 g/mol. The van der Waals surface area contributed by atoms with E-state index in [0.29, 0.717) is 0 Å². The fraction of sp³-hybridized carbons (Fsp3) is 0.667. The lowest BCUT2D eigenvalue weighted by molar-refractivity contribution is -0.126. The van der Waals surface area contributed by atoms with Gasteiger partial charge in [-0.2, -0.15) is 0 Å². The molecule has 0 saturated carbocycles. The molecule has 86 valence electrons. The molecule has 15 heavy (non-hydrogen) atoms. The topological polar surface area (TPSA) is 95.5 Å². The van der Waals surface area contributed by atoms with Gasteiger partial charge in [0.1, 0.15) is 11.8 Å². The van der Waals surface area contributed by atoms with Gasteiger partial charge in [0.05, 0.1) is 6.54 Å². The van der Waals surface area contributed by atoms with Crippen molar-refractivity contribution in [2.45, 2.75) is 26.8 Å². The van der Waals surface area contributed by atoms with Crippen LogP contribution < -0.4 is 10.6 Å². The molecular formula is C9H16N2O4. The van der Waals surface area contributed by atoms with Crippen molar-refractivity contribution in [1.29, 1.82) is 0 Å². The molecule has 6 nitrogen and oxygen atoms in total. The third kappa shape index (κ3) is 5.66. The quantitative estimate of drug-likeness (QED) is 0.602. The first-order chi connectivity index (χ1) is 6.84. The Bertz CT molecular complexity index is 263. The van der Waals surface area contributed by atoms with E-state index in [9.17, 15) is 14.4 Å². The predicted molar refractivity (Wildman–Crippen MR) is 53.5 cm³/mol. The Balaban J connectivity index is 4.29. The molecule has 1 atom stereocenters. The second kappa shape index (κ2) is 6.00. The summed E-state index contributed by atoms with van der Waals surface area (Å²) in [4.78, 5) is 32.4. The molecule has 0 saturated heterocycles. The van der Waals surface area contributed by atoms with Crippen molar-refractivity contribution >= 4 is 17.8 Å². The van der Waals surface area contributed by atoms with Crippen molar-refractivity contribution in [3.05, 3.63) is 0 Å². The molecule has 0 bridgehead atoms. The third-order valence-electron chi connectivity index (χ3n) is 1.74. The Hall–Kier alpha value is -1.59. The molecule has 3 N–H and O–H groups in total. The summed E-state index contributed by atoms with van der Waals surface area (Å²) >= 11 is 0. The van der Waals surface area contributed by atoms with E-state index in [4.69, 9.17) is 5.11 Å². The van der Waals surface area contributed by atoms with Gasteiger partial charge in [0, 0.05) is 0 Å². The number of nitrogens with one attached hydrogen (secondary N) is 2. The van der Waals surface area contributed by atoms with Crippen molar-refractivity contribution < 1.29 is 19.5 Å². The van der Waals surface area contributed by atoms with Gasteiger partial charge in [-0.25, -0.2) is 4.79 Å². The molecule has 0 aromatic carbocycles. The Kier molecular flexibility index (Phi) is 5.36. The molecule has 0 aliphatic carbocycles. The highest BCUT2D eigenvalue weighted by Crippen LogP contribution is 2.01. The van der Waals surface area contributed by atoms with E-state index < -0.39 is 18.0 Å². The number of carbonyl (C=O) groups excluding carboxylic acids is 2. The summed E-state index contributed by atoms with van der Waals surface area (Å²) in [7, 11) is 0. The van der Waals surface area contributed by atoms with Crippen LogP contribution in [0.4, 0.5) is 4.79 Å². The molecule has 0 heterocycles. The average Bonchev–Trinajstić information content (AvgIpc) is 2.09. The number of rotatable bonds is 5. The van der Waals surface area contributed by atoms with Gasteiger partial charge in [0.25, 0.3) is 0 Å². The Morgan fingerprint density at radius 2 is 1.80 bits per heavy atom. The molecule has 0 fully saturated rings. The summed E-state index contributed by atoms with van der Waals surface area (Å²) < 4.78 is 0. The minimum atomic E-state index is -1.26. The normalized spacial score (nSPS) is 12.0. The SMILES string of the molecule is CC(=O)CNC(=O)C(NC(=O)O)C(C)C. The van der Waals surface area contributed by atoms with Crippen LogP contribution in [0.1, 0.15) is 20.8 Å². The summed E-state index contributed by atoms with van der Waals surface area (Å²) in [5.41, 5.74) is 0. The van der Waals surface area contributed by atoms with Gasteiger partial charge in [-0.1, -0.05) is 13.8 Å². The van der Waals surface area contributed by atoms with Gasteiger partial charge in [0.2, 0.25) is 5.91 Å². The lowest BCUT2D eigenvalue weighted by atomic mass is 10.0. The highest BCUT2D eigenvalue weighted by atomic mass is 16.4. The molecule has 0 aliphatic heterocycles. The van der Waals surface area contributed by atoms with Gasteiger partial charge in [-0.3, -0.25) is 9.59 Å². The fourth-order valence-corrected chi connectivity index (χ4v) is 0.990. The van der Waals surface area contributed by atoms with Crippen LogP contribution in [0.25, 0.3) is 0 Å². The van der Waals surface area contributed by atoms with Crippen LogP contribution >= 0.6 is 0 Å². The summed E-state index contributed by atoms with van der Waals surface area (Å²) in [5, 5.41) is 13.0. The summed E-state index contributed by atoms with van der Waals surface area (Å²) in [6, 6.07) is -0.832. The molecule has 0 radical (unpaired) electrons. The van der Waals surface area contributed by atoms with E-state index in [1.807, 2.05) is 0 Å². The van der Waals surface area contributed by atoms with Gasteiger partial charge < -0.3 is 15.7 Å². The maximum Gasteiger partial charge on any atom is 0.405 e. The maximum absolute atomic E-state index is 11.4. The van der Waals surface area contributed by atoms with E-state index in [1.165, 1.54) is 6.92 Å². The predicted octanol–water partition coefficient (Wildman–Crippen LogP) is -0.0162. The smallest absolute Gasteiger partial charge is 0.405 e. The van der Waals surface area contributed by atoms with Gasteiger partial charge in [-0.15, -0.1) is 0 Å². The molecule has 0 rings (SSSR count). The first-order valence-electron chi connectivity index (χ1n) is 4.61. The summed E-state index contributed by atoms with van der Waals surface area (Å²) in [6.45, 7) is 4.69. The van der Waals surface area contributed by atoms with Crippen molar-refractivity contribution in [2.24, 2.45) is 5.92 Å². The van der Waals surface area contributed by atoms with Gasteiger partial charge in [0.15, 0.2) is 0 Å². The van der Waals surface area contributed by atoms with E-state index in [2.05, 4.69) is 10.6 Å². The lowest BCUT2D eigenvalue weighted by Gasteiger charge is -2.19.